The SMILES string of the molecule is CCc1ccccc1N1CCN(C(=O)OCCn2nc(-c3ccccc3)cc2-c2ccccc2)CC1. The average molecular weight is 481 g/mol. The fourth-order valence-corrected chi connectivity index (χ4v) is 4.74. The number of ether oxygens (including phenoxy) is 1. The quantitative estimate of drug-likeness (QED) is 0.339. The highest BCUT2D eigenvalue weighted by Gasteiger charge is 2.23. The van der Waals surface area contributed by atoms with E-state index in [2.05, 4.69) is 66.4 Å². The van der Waals surface area contributed by atoms with Crippen molar-refractivity contribution in [2.75, 3.05) is 37.7 Å². The Bertz CT molecular complexity index is 1280. The molecule has 0 radical (unpaired) electrons. The fraction of sp³-hybridized carbons (Fsp3) is 0.267. The second kappa shape index (κ2) is 11.1. The second-order valence-electron chi connectivity index (χ2n) is 8.94. The van der Waals surface area contributed by atoms with Crippen molar-refractivity contribution in [3.05, 3.63) is 96.6 Å². The van der Waals surface area contributed by atoms with Crippen LogP contribution < -0.4 is 4.90 Å². The van der Waals surface area contributed by atoms with Crippen LogP contribution >= 0.6 is 0 Å². The van der Waals surface area contributed by atoms with Gasteiger partial charge in [-0.25, -0.2) is 4.79 Å². The zero-order chi connectivity index (χ0) is 24.7. The first-order valence-electron chi connectivity index (χ1n) is 12.7. The molecule has 1 amide bonds. The molecule has 1 aromatic heterocycles. The van der Waals surface area contributed by atoms with Gasteiger partial charge in [0.15, 0.2) is 0 Å². The average Bonchev–Trinajstić information content (AvgIpc) is 3.38. The van der Waals surface area contributed by atoms with Crippen molar-refractivity contribution in [1.82, 2.24) is 14.7 Å². The van der Waals surface area contributed by atoms with E-state index in [1.54, 1.807) is 0 Å². The number of aromatic nitrogens is 2. The highest BCUT2D eigenvalue weighted by atomic mass is 16.6. The molecule has 0 bridgehead atoms. The normalized spacial score (nSPS) is 13.6. The Kier molecular flexibility index (Phi) is 7.31. The van der Waals surface area contributed by atoms with Crippen LogP contribution in [0.25, 0.3) is 22.5 Å². The summed E-state index contributed by atoms with van der Waals surface area (Å²) in [6.07, 6.45) is 0.748. The molecule has 6 nitrogen and oxygen atoms in total. The minimum absolute atomic E-state index is 0.255. The lowest BCUT2D eigenvalue weighted by atomic mass is 10.1. The van der Waals surface area contributed by atoms with E-state index in [1.165, 1.54) is 11.3 Å². The van der Waals surface area contributed by atoms with E-state index in [9.17, 15) is 4.79 Å². The molecule has 2 heterocycles. The molecular formula is C30H32N4O2. The van der Waals surface area contributed by atoms with Gasteiger partial charge in [-0.15, -0.1) is 0 Å². The molecular weight excluding hydrogens is 448 g/mol. The molecule has 1 fully saturated rings. The molecule has 1 saturated heterocycles. The zero-order valence-electron chi connectivity index (χ0n) is 20.7. The first-order chi connectivity index (χ1) is 17.7. The molecule has 184 valence electrons. The third kappa shape index (κ3) is 5.28. The molecule has 1 aliphatic heterocycles. The van der Waals surface area contributed by atoms with E-state index in [4.69, 9.17) is 9.84 Å². The summed E-state index contributed by atoms with van der Waals surface area (Å²) in [5.74, 6) is 0. The number of amides is 1. The number of carbonyl (C=O) groups excluding carboxylic acids is 1. The number of hydrogen-bond acceptors (Lipinski definition) is 4. The maximum atomic E-state index is 12.8. The topological polar surface area (TPSA) is 50.6 Å². The number of aryl methyl sites for hydroxylation is 1. The van der Waals surface area contributed by atoms with Gasteiger partial charge in [-0.3, -0.25) is 4.68 Å². The van der Waals surface area contributed by atoms with E-state index in [-0.39, 0.29) is 12.7 Å². The Labute approximate surface area is 212 Å². The Morgan fingerprint density at radius 3 is 2.17 bits per heavy atom. The first-order valence-corrected chi connectivity index (χ1v) is 12.7. The van der Waals surface area contributed by atoms with E-state index < -0.39 is 0 Å². The number of para-hydroxylation sites is 1. The second-order valence-corrected chi connectivity index (χ2v) is 8.94. The van der Waals surface area contributed by atoms with Crippen molar-refractivity contribution in [3.8, 4) is 22.5 Å². The molecule has 0 aliphatic carbocycles. The van der Waals surface area contributed by atoms with Gasteiger partial charge < -0.3 is 14.5 Å². The minimum atomic E-state index is -0.255. The van der Waals surface area contributed by atoms with Crippen molar-refractivity contribution >= 4 is 11.8 Å². The number of anilines is 1. The van der Waals surface area contributed by atoms with Crippen LogP contribution in [0.1, 0.15) is 12.5 Å². The smallest absolute Gasteiger partial charge is 0.409 e. The molecule has 5 rings (SSSR count). The molecule has 0 spiro atoms. The van der Waals surface area contributed by atoms with Gasteiger partial charge in [0.2, 0.25) is 0 Å². The van der Waals surface area contributed by atoms with Crippen molar-refractivity contribution < 1.29 is 9.53 Å². The summed E-state index contributed by atoms with van der Waals surface area (Å²) in [6.45, 7) is 5.88. The van der Waals surface area contributed by atoms with Gasteiger partial charge in [0.25, 0.3) is 0 Å². The van der Waals surface area contributed by atoms with Gasteiger partial charge in [0.05, 0.1) is 17.9 Å². The standard InChI is InChI=1S/C30H32N4O2/c1-2-24-11-9-10-16-28(24)32-17-19-33(20-18-32)30(35)36-22-21-34-29(26-14-7-4-8-15-26)23-27(31-34)25-12-5-3-6-13-25/h3-16,23H,2,17-22H2,1H3. The predicted molar refractivity (Wildman–Crippen MR) is 144 cm³/mol. The molecule has 0 unspecified atom stereocenters. The minimum Gasteiger partial charge on any atom is -0.447 e. The third-order valence-corrected chi connectivity index (χ3v) is 6.70. The van der Waals surface area contributed by atoms with Crippen LogP contribution in [0.15, 0.2) is 91.0 Å². The van der Waals surface area contributed by atoms with Crippen LogP contribution in [-0.4, -0.2) is 53.6 Å². The number of benzene rings is 3. The van der Waals surface area contributed by atoms with Crippen molar-refractivity contribution in [3.63, 3.8) is 0 Å². The van der Waals surface area contributed by atoms with E-state index >= 15 is 0 Å². The molecule has 6 heteroatoms. The van der Waals surface area contributed by atoms with Crippen LogP contribution in [0, 0.1) is 0 Å². The van der Waals surface area contributed by atoms with Crippen LogP contribution in [0.3, 0.4) is 0 Å². The predicted octanol–water partition coefficient (Wildman–Crippen LogP) is 5.74. The summed E-state index contributed by atoms with van der Waals surface area (Å²) >= 11 is 0. The summed E-state index contributed by atoms with van der Waals surface area (Å²) in [5, 5.41) is 4.83. The molecule has 36 heavy (non-hydrogen) atoms. The van der Waals surface area contributed by atoms with Gasteiger partial charge in [-0.1, -0.05) is 85.8 Å². The Balaban J connectivity index is 1.20. The summed E-state index contributed by atoms with van der Waals surface area (Å²) in [4.78, 5) is 17.0. The monoisotopic (exact) mass is 480 g/mol. The summed E-state index contributed by atoms with van der Waals surface area (Å²) in [7, 11) is 0. The van der Waals surface area contributed by atoms with Crippen LogP contribution in [0.2, 0.25) is 0 Å². The largest absolute Gasteiger partial charge is 0.447 e. The molecule has 3 aromatic carbocycles. The number of carbonyl (C=O) groups is 1. The van der Waals surface area contributed by atoms with E-state index in [0.29, 0.717) is 19.6 Å². The van der Waals surface area contributed by atoms with Gasteiger partial charge in [0, 0.05) is 37.4 Å². The Morgan fingerprint density at radius 1 is 0.833 bits per heavy atom. The molecule has 0 N–H and O–H groups in total. The molecule has 0 saturated carbocycles. The molecule has 1 aliphatic rings. The highest BCUT2D eigenvalue weighted by Crippen LogP contribution is 2.26. The van der Waals surface area contributed by atoms with Crippen molar-refractivity contribution in [2.45, 2.75) is 19.9 Å². The number of hydrogen-bond donors (Lipinski definition) is 0. The Hall–Kier alpha value is -4.06. The lowest BCUT2D eigenvalue weighted by Crippen LogP contribution is -2.49. The van der Waals surface area contributed by atoms with E-state index in [1.807, 2.05) is 46.0 Å². The van der Waals surface area contributed by atoms with Crippen LogP contribution in [0.4, 0.5) is 10.5 Å². The number of rotatable bonds is 7. The number of nitrogens with zero attached hydrogens (tertiary/aromatic N) is 4. The maximum Gasteiger partial charge on any atom is 0.409 e. The van der Waals surface area contributed by atoms with Crippen LogP contribution in [0.5, 0.6) is 0 Å². The highest BCUT2D eigenvalue weighted by molar-refractivity contribution is 5.69. The lowest BCUT2D eigenvalue weighted by molar-refractivity contribution is 0.0962. The number of piperazine rings is 1. The molecule has 0 atom stereocenters. The van der Waals surface area contributed by atoms with Crippen LogP contribution in [-0.2, 0) is 17.7 Å². The van der Waals surface area contributed by atoms with Gasteiger partial charge in [-0.2, -0.15) is 5.10 Å². The van der Waals surface area contributed by atoms with Crippen molar-refractivity contribution in [2.24, 2.45) is 0 Å². The third-order valence-electron chi connectivity index (χ3n) is 6.70. The summed E-state index contributed by atoms with van der Waals surface area (Å²) in [5.41, 5.74) is 6.68. The molecule has 4 aromatic rings. The van der Waals surface area contributed by atoms with Gasteiger partial charge in [0.1, 0.15) is 6.61 Å². The van der Waals surface area contributed by atoms with Gasteiger partial charge >= 0.3 is 6.09 Å². The Morgan fingerprint density at radius 2 is 1.47 bits per heavy atom. The first kappa shape index (κ1) is 23.7. The summed E-state index contributed by atoms with van der Waals surface area (Å²) in [6, 6.07) is 30.9. The summed E-state index contributed by atoms with van der Waals surface area (Å²) < 4.78 is 7.62. The lowest BCUT2D eigenvalue weighted by Gasteiger charge is -2.36. The fourth-order valence-electron chi connectivity index (χ4n) is 4.74. The zero-order valence-corrected chi connectivity index (χ0v) is 20.7. The maximum absolute atomic E-state index is 12.8. The van der Waals surface area contributed by atoms with E-state index in [0.717, 1.165) is 42.0 Å². The van der Waals surface area contributed by atoms with Crippen molar-refractivity contribution in [1.29, 1.82) is 0 Å². The van der Waals surface area contributed by atoms with Gasteiger partial charge in [-0.05, 0) is 29.7 Å².